The minimum Gasteiger partial charge on any atom is -0.496 e. The van der Waals surface area contributed by atoms with Crippen molar-refractivity contribution in [2.75, 3.05) is 19.5 Å². The van der Waals surface area contributed by atoms with Crippen molar-refractivity contribution in [2.24, 2.45) is 0 Å². The van der Waals surface area contributed by atoms with Crippen molar-refractivity contribution in [1.82, 2.24) is 19.2 Å². The van der Waals surface area contributed by atoms with Crippen molar-refractivity contribution in [3.05, 3.63) is 64.4 Å². The Morgan fingerprint density at radius 1 is 1.03 bits per heavy atom. The molecule has 0 aliphatic carbocycles. The van der Waals surface area contributed by atoms with E-state index < -0.39 is 0 Å². The van der Waals surface area contributed by atoms with E-state index >= 15 is 0 Å². The van der Waals surface area contributed by atoms with Gasteiger partial charge in [0.1, 0.15) is 5.75 Å². The minimum atomic E-state index is -0.101. The molecule has 0 saturated carbocycles. The van der Waals surface area contributed by atoms with Crippen LogP contribution in [0.15, 0.2) is 58.5 Å². The predicted octanol–water partition coefficient (Wildman–Crippen LogP) is 3.36. The zero-order valence-corrected chi connectivity index (χ0v) is 17.6. The van der Waals surface area contributed by atoms with E-state index in [1.807, 2.05) is 52.9 Å². The Morgan fingerprint density at radius 2 is 1.83 bits per heavy atom. The van der Waals surface area contributed by atoms with Gasteiger partial charge in [0, 0.05) is 17.9 Å². The Balaban J connectivity index is 1.80. The number of aliphatic hydroxyl groups excluding tert-OH is 1. The predicted molar refractivity (Wildman–Crippen MR) is 119 cm³/mol. The standard InChI is InChI=1S/C22H24N4O3S/c1-29-19-12-6-3-9-16(19)15-25-20(28)17-10-4-5-11-18(17)26-21(25)23-24-22(26)30-14-8-2-7-13-27/h3-6,9-12,27H,2,7-8,13-15H2,1H3. The number of thioether (sulfide) groups is 1. The van der Waals surface area contributed by atoms with Crippen LogP contribution in [0.4, 0.5) is 0 Å². The summed E-state index contributed by atoms with van der Waals surface area (Å²) in [4.78, 5) is 13.3. The zero-order chi connectivity index (χ0) is 20.9. The highest BCUT2D eigenvalue weighted by Gasteiger charge is 2.17. The van der Waals surface area contributed by atoms with Gasteiger partial charge in [-0.1, -0.05) is 48.5 Å². The van der Waals surface area contributed by atoms with Crippen LogP contribution in [0.3, 0.4) is 0 Å². The van der Waals surface area contributed by atoms with Crippen molar-refractivity contribution >= 4 is 28.4 Å². The zero-order valence-electron chi connectivity index (χ0n) is 16.8. The molecular weight excluding hydrogens is 400 g/mol. The molecule has 0 aliphatic heterocycles. The molecule has 0 radical (unpaired) electrons. The van der Waals surface area contributed by atoms with E-state index in [0.29, 0.717) is 17.7 Å². The van der Waals surface area contributed by atoms with Crippen molar-refractivity contribution in [3.63, 3.8) is 0 Å². The van der Waals surface area contributed by atoms with Crippen LogP contribution in [0.25, 0.3) is 16.7 Å². The van der Waals surface area contributed by atoms with Gasteiger partial charge in [-0.2, -0.15) is 0 Å². The Labute approximate surface area is 178 Å². The monoisotopic (exact) mass is 424 g/mol. The molecular formula is C22H24N4O3S. The Hall–Kier alpha value is -2.84. The third-order valence-electron chi connectivity index (χ3n) is 5.03. The largest absolute Gasteiger partial charge is 0.496 e. The van der Waals surface area contributed by atoms with Crippen LogP contribution >= 0.6 is 11.8 Å². The van der Waals surface area contributed by atoms with E-state index in [1.54, 1.807) is 23.4 Å². The van der Waals surface area contributed by atoms with Gasteiger partial charge in [0.2, 0.25) is 5.78 Å². The number of benzene rings is 2. The van der Waals surface area contributed by atoms with Gasteiger partial charge in [0.25, 0.3) is 5.56 Å². The fraction of sp³-hybridized carbons (Fsp3) is 0.318. The maximum absolute atomic E-state index is 13.3. The lowest BCUT2D eigenvalue weighted by atomic mass is 10.2. The van der Waals surface area contributed by atoms with E-state index in [4.69, 9.17) is 9.84 Å². The molecule has 0 aliphatic rings. The summed E-state index contributed by atoms with van der Waals surface area (Å²) in [7, 11) is 1.63. The van der Waals surface area contributed by atoms with Crippen LogP contribution in [0.1, 0.15) is 24.8 Å². The Bertz CT molecular complexity index is 1220. The number of nitrogens with zero attached hydrogens (tertiary/aromatic N) is 4. The molecule has 0 atom stereocenters. The van der Waals surface area contributed by atoms with E-state index in [0.717, 1.165) is 47.0 Å². The summed E-state index contributed by atoms with van der Waals surface area (Å²) in [6, 6.07) is 15.2. The van der Waals surface area contributed by atoms with Crippen LogP contribution in [0, 0.1) is 0 Å². The first kappa shape index (κ1) is 20.4. The van der Waals surface area contributed by atoms with Crippen molar-refractivity contribution in [2.45, 2.75) is 31.0 Å². The average Bonchev–Trinajstić information content (AvgIpc) is 3.20. The summed E-state index contributed by atoms with van der Waals surface area (Å²) in [5.74, 6) is 2.12. The average molecular weight is 425 g/mol. The molecule has 0 spiro atoms. The first-order chi connectivity index (χ1) is 14.7. The summed E-state index contributed by atoms with van der Waals surface area (Å²) in [6.45, 7) is 0.564. The smallest absolute Gasteiger partial charge is 0.263 e. The number of ether oxygens (including phenoxy) is 1. The van der Waals surface area contributed by atoms with Crippen molar-refractivity contribution in [3.8, 4) is 5.75 Å². The molecule has 2 aromatic heterocycles. The second-order valence-corrected chi connectivity index (χ2v) is 8.03. The number of rotatable bonds is 9. The maximum atomic E-state index is 13.3. The number of aromatic nitrogens is 4. The van der Waals surface area contributed by atoms with Crippen LogP contribution in [0.5, 0.6) is 5.75 Å². The molecule has 0 saturated heterocycles. The van der Waals surface area contributed by atoms with E-state index in [9.17, 15) is 4.79 Å². The van der Waals surface area contributed by atoms with Gasteiger partial charge in [-0.05, 0) is 31.0 Å². The van der Waals surface area contributed by atoms with Gasteiger partial charge < -0.3 is 9.84 Å². The highest BCUT2D eigenvalue weighted by atomic mass is 32.2. The fourth-order valence-corrected chi connectivity index (χ4v) is 4.47. The number of aliphatic hydroxyl groups is 1. The lowest BCUT2D eigenvalue weighted by Gasteiger charge is -2.13. The van der Waals surface area contributed by atoms with Crippen LogP contribution in [0.2, 0.25) is 0 Å². The first-order valence-corrected chi connectivity index (χ1v) is 11.0. The van der Waals surface area contributed by atoms with Gasteiger partial charge in [-0.3, -0.25) is 13.8 Å². The molecule has 7 nitrogen and oxygen atoms in total. The van der Waals surface area contributed by atoms with E-state index in [-0.39, 0.29) is 12.2 Å². The molecule has 0 amide bonds. The summed E-state index contributed by atoms with van der Waals surface area (Å²) in [6.07, 6.45) is 2.76. The molecule has 0 bridgehead atoms. The molecule has 0 fully saturated rings. The first-order valence-electron chi connectivity index (χ1n) is 9.97. The van der Waals surface area contributed by atoms with Gasteiger partial charge in [0.05, 0.1) is 24.6 Å². The number of methoxy groups -OCH3 is 1. The van der Waals surface area contributed by atoms with Crippen LogP contribution in [-0.4, -0.2) is 43.7 Å². The summed E-state index contributed by atoms with van der Waals surface area (Å²) >= 11 is 1.62. The second kappa shape index (κ2) is 9.32. The van der Waals surface area contributed by atoms with Gasteiger partial charge in [0.15, 0.2) is 5.16 Å². The van der Waals surface area contributed by atoms with Crippen molar-refractivity contribution < 1.29 is 9.84 Å². The number of fused-ring (bicyclic) bond motifs is 3. The fourth-order valence-electron chi connectivity index (χ4n) is 3.53. The number of para-hydroxylation sites is 2. The molecule has 2 heterocycles. The van der Waals surface area contributed by atoms with E-state index in [2.05, 4.69) is 10.2 Å². The van der Waals surface area contributed by atoms with Crippen LogP contribution < -0.4 is 10.3 Å². The molecule has 1 N–H and O–H groups in total. The Kier molecular flexibility index (Phi) is 6.35. The van der Waals surface area contributed by atoms with Gasteiger partial charge >= 0.3 is 0 Å². The number of hydrogen-bond donors (Lipinski definition) is 1. The molecule has 8 heteroatoms. The molecule has 0 unspecified atom stereocenters. The summed E-state index contributed by atoms with van der Waals surface area (Å²) in [5.41, 5.74) is 1.60. The minimum absolute atomic E-state index is 0.101. The van der Waals surface area contributed by atoms with Crippen molar-refractivity contribution in [1.29, 1.82) is 0 Å². The lowest BCUT2D eigenvalue weighted by Crippen LogP contribution is -2.24. The summed E-state index contributed by atoms with van der Waals surface area (Å²) in [5, 5.41) is 19.1. The SMILES string of the molecule is COc1ccccc1Cn1c(=O)c2ccccc2n2c(SCCCCCO)nnc12. The van der Waals surface area contributed by atoms with Crippen LogP contribution in [-0.2, 0) is 6.54 Å². The quantitative estimate of drug-likeness (QED) is 0.328. The number of hydrogen-bond acceptors (Lipinski definition) is 6. The van der Waals surface area contributed by atoms with E-state index in [1.165, 1.54) is 0 Å². The third-order valence-corrected chi connectivity index (χ3v) is 6.05. The molecule has 30 heavy (non-hydrogen) atoms. The molecule has 4 aromatic rings. The second-order valence-electron chi connectivity index (χ2n) is 6.97. The molecule has 4 rings (SSSR count). The number of unbranched alkanes of at least 4 members (excludes halogenated alkanes) is 2. The highest BCUT2D eigenvalue weighted by Crippen LogP contribution is 2.24. The summed E-state index contributed by atoms with van der Waals surface area (Å²) < 4.78 is 9.08. The molecule has 2 aromatic carbocycles. The van der Waals surface area contributed by atoms with Gasteiger partial charge in [-0.25, -0.2) is 0 Å². The lowest BCUT2D eigenvalue weighted by molar-refractivity contribution is 0.284. The maximum Gasteiger partial charge on any atom is 0.263 e. The molecule has 156 valence electrons. The third kappa shape index (κ3) is 3.93. The Morgan fingerprint density at radius 3 is 2.67 bits per heavy atom. The normalized spacial score (nSPS) is 11.4. The van der Waals surface area contributed by atoms with Gasteiger partial charge in [-0.15, -0.1) is 10.2 Å². The topological polar surface area (TPSA) is 81.7 Å². The highest BCUT2D eigenvalue weighted by molar-refractivity contribution is 7.99.